The van der Waals surface area contributed by atoms with Gasteiger partial charge in [-0.15, -0.1) is 0 Å². The molecule has 0 amide bonds. The molecule has 0 radical (unpaired) electrons. The van der Waals surface area contributed by atoms with Gasteiger partial charge in [-0.1, -0.05) is 17.7 Å². The van der Waals surface area contributed by atoms with Gasteiger partial charge in [0.15, 0.2) is 0 Å². The summed E-state index contributed by atoms with van der Waals surface area (Å²) in [6.07, 6.45) is -4.19. The molecular formula is C12H14ClF4NO. The molecule has 0 fully saturated rings. The highest BCUT2D eigenvalue weighted by atomic mass is 35.5. The van der Waals surface area contributed by atoms with Crippen molar-refractivity contribution in [3.63, 3.8) is 0 Å². The zero-order chi connectivity index (χ0) is 14.6. The third-order valence-corrected chi connectivity index (χ3v) is 2.84. The Morgan fingerprint density at radius 3 is 2.58 bits per heavy atom. The van der Waals surface area contributed by atoms with Crippen LogP contribution in [-0.2, 0) is 4.74 Å². The van der Waals surface area contributed by atoms with Crippen molar-refractivity contribution in [2.45, 2.75) is 25.6 Å². The van der Waals surface area contributed by atoms with Crippen LogP contribution in [0.5, 0.6) is 0 Å². The van der Waals surface area contributed by atoms with Crippen LogP contribution in [0, 0.1) is 12.7 Å². The van der Waals surface area contributed by atoms with Crippen LogP contribution in [0.2, 0.25) is 5.02 Å². The van der Waals surface area contributed by atoms with Gasteiger partial charge in [-0.2, -0.15) is 13.2 Å². The van der Waals surface area contributed by atoms with Crippen LogP contribution in [0.15, 0.2) is 12.1 Å². The van der Waals surface area contributed by atoms with Crippen molar-refractivity contribution in [1.29, 1.82) is 0 Å². The molecule has 0 aliphatic rings. The number of alkyl halides is 3. The summed E-state index contributed by atoms with van der Waals surface area (Å²) in [5.74, 6) is -0.450. The molecule has 108 valence electrons. The Morgan fingerprint density at radius 2 is 2.00 bits per heavy atom. The first-order valence-corrected chi connectivity index (χ1v) is 5.94. The second-order valence-corrected chi connectivity index (χ2v) is 4.59. The normalized spacial score (nSPS) is 13.6. The molecular weight excluding hydrogens is 286 g/mol. The van der Waals surface area contributed by atoms with E-state index in [1.165, 1.54) is 6.07 Å². The fourth-order valence-electron chi connectivity index (χ4n) is 1.52. The van der Waals surface area contributed by atoms with Crippen LogP contribution in [0.25, 0.3) is 0 Å². The quantitative estimate of drug-likeness (QED) is 0.664. The Hall–Kier alpha value is -0.850. The molecule has 1 rings (SSSR count). The number of ether oxygens (including phenoxy) is 1. The number of hydrogen-bond acceptors (Lipinski definition) is 2. The summed E-state index contributed by atoms with van der Waals surface area (Å²) < 4.78 is 53.2. The van der Waals surface area contributed by atoms with Gasteiger partial charge in [-0.25, -0.2) is 4.39 Å². The molecule has 1 atom stereocenters. The Labute approximate surface area is 113 Å². The molecule has 0 saturated heterocycles. The van der Waals surface area contributed by atoms with E-state index in [1.807, 2.05) is 0 Å². The molecule has 1 aromatic carbocycles. The van der Waals surface area contributed by atoms with E-state index in [4.69, 9.17) is 17.3 Å². The summed E-state index contributed by atoms with van der Waals surface area (Å²) in [6.45, 7) is 0.103. The second-order valence-electron chi connectivity index (χ2n) is 4.19. The summed E-state index contributed by atoms with van der Waals surface area (Å²) in [5.41, 5.74) is 6.67. The minimum Gasteiger partial charge on any atom is -0.372 e. The van der Waals surface area contributed by atoms with Gasteiger partial charge in [0.2, 0.25) is 0 Å². The Kier molecular flexibility index (Phi) is 5.58. The number of halogens is 5. The van der Waals surface area contributed by atoms with Crippen LogP contribution in [-0.4, -0.2) is 19.4 Å². The van der Waals surface area contributed by atoms with Crippen molar-refractivity contribution in [3.8, 4) is 0 Å². The molecule has 19 heavy (non-hydrogen) atoms. The average Bonchev–Trinajstić information content (AvgIpc) is 2.28. The van der Waals surface area contributed by atoms with E-state index in [2.05, 4.69) is 4.74 Å². The highest BCUT2D eigenvalue weighted by Crippen LogP contribution is 2.26. The van der Waals surface area contributed by atoms with Gasteiger partial charge < -0.3 is 10.5 Å². The van der Waals surface area contributed by atoms with Crippen LogP contribution in [0.3, 0.4) is 0 Å². The molecule has 2 nitrogen and oxygen atoms in total. The first-order chi connectivity index (χ1) is 8.70. The van der Waals surface area contributed by atoms with Gasteiger partial charge in [0.25, 0.3) is 0 Å². The summed E-state index contributed by atoms with van der Waals surface area (Å²) in [4.78, 5) is 0. The van der Waals surface area contributed by atoms with Gasteiger partial charge in [-0.05, 0) is 30.5 Å². The van der Waals surface area contributed by atoms with Crippen LogP contribution >= 0.6 is 11.6 Å². The Balaban J connectivity index is 2.54. The second kappa shape index (κ2) is 6.54. The maximum Gasteiger partial charge on any atom is 0.411 e. The van der Waals surface area contributed by atoms with E-state index in [0.717, 1.165) is 6.07 Å². The predicted molar refractivity (Wildman–Crippen MR) is 64.6 cm³/mol. The largest absolute Gasteiger partial charge is 0.411 e. The first kappa shape index (κ1) is 16.2. The minimum absolute atomic E-state index is 0.145. The summed E-state index contributed by atoms with van der Waals surface area (Å²) >= 11 is 5.84. The van der Waals surface area contributed by atoms with E-state index in [-0.39, 0.29) is 18.1 Å². The zero-order valence-electron chi connectivity index (χ0n) is 10.2. The van der Waals surface area contributed by atoms with Crippen molar-refractivity contribution in [2.24, 2.45) is 5.73 Å². The third kappa shape index (κ3) is 5.34. The molecule has 1 aromatic rings. The maximum absolute atomic E-state index is 13.2. The van der Waals surface area contributed by atoms with Crippen molar-refractivity contribution in [3.05, 3.63) is 34.1 Å². The SMILES string of the molecule is Cc1cc(C(N)CCOCC(F)(F)F)c(Cl)cc1F. The fraction of sp³-hybridized carbons (Fsp3) is 0.500. The van der Waals surface area contributed by atoms with Crippen molar-refractivity contribution in [1.82, 2.24) is 0 Å². The molecule has 7 heteroatoms. The van der Waals surface area contributed by atoms with Gasteiger partial charge in [0.1, 0.15) is 12.4 Å². The average molecular weight is 300 g/mol. The number of hydrogen-bond donors (Lipinski definition) is 1. The molecule has 2 N–H and O–H groups in total. The first-order valence-electron chi connectivity index (χ1n) is 5.56. The van der Waals surface area contributed by atoms with E-state index in [0.29, 0.717) is 11.1 Å². The smallest absolute Gasteiger partial charge is 0.372 e. The van der Waals surface area contributed by atoms with Crippen molar-refractivity contribution in [2.75, 3.05) is 13.2 Å². The zero-order valence-corrected chi connectivity index (χ0v) is 11.0. The maximum atomic E-state index is 13.2. The summed E-state index contributed by atoms with van der Waals surface area (Å²) in [5, 5.41) is 0.159. The molecule has 0 spiro atoms. The Morgan fingerprint density at radius 1 is 1.37 bits per heavy atom. The monoisotopic (exact) mass is 299 g/mol. The van der Waals surface area contributed by atoms with Gasteiger partial charge in [-0.3, -0.25) is 0 Å². The summed E-state index contributed by atoms with van der Waals surface area (Å²) in [7, 11) is 0. The van der Waals surface area contributed by atoms with Gasteiger partial charge in [0, 0.05) is 17.7 Å². The third-order valence-electron chi connectivity index (χ3n) is 2.52. The minimum atomic E-state index is -4.35. The Bertz CT molecular complexity index is 436. The van der Waals surface area contributed by atoms with Crippen LogP contribution < -0.4 is 5.73 Å². The van der Waals surface area contributed by atoms with E-state index < -0.39 is 24.6 Å². The van der Waals surface area contributed by atoms with Crippen molar-refractivity contribution < 1.29 is 22.3 Å². The van der Waals surface area contributed by atoms with E-state index in [1.54, 1.807) is 6.92 Å². The number of aryl methyl sites for hydroxylation is 1. The van der Waals surface area contributed by atoms with E-state index >= 15 is 0 Å². The highest BCUT2D eigenvalue weighted by Gasteiger charge is 2.27. The summed E-state index contributed by atoms with van der Waals surface area (Å²) in [6, 6.07) is 2.04. The predicted octanol–water partition coefficient (Wildman–Crippen LogP) is 3.76. The lowest BCUT2D eigenvalue weighted by Crippen LogP contribution is -2.20. The van der Waals surface area contributed by atoms with Crippen LogP contribution in [0.1, 0.15) is 23.6 Å². The van der Waals surface area contributed by atoms with E-state index in [9.17, 15) is 17.6 Å². The molecule has 0 heterocycles. The lowest BCUT2D eigenvalue weighted by molar-refractivity contribution is -0.174. The molecule has 0 aromatic heterocycles. The van der Waals surface area contributed by atoms with Gasteiger partial charge >= 0.3 is 6.18 Å². The molecule has 1 unspecified atom stereocenters. The lowest BCUT2D eigenvalue weighted by atomic mass is 10.0. The molecule has 0 aliphatic heterocycles. The molecule has 0 aliphatic carbocycles. The topological polar surface area (TPSA) is 35.2 Å². The standard InChI is InChI=1S/C12H14ClF4NO/c1-7-4-8(9(13)5-10(7)14)11(18)2-3-19-6-12(15,16)17/h4-5,11H,2-3,6,18H2,1H3. The molecule has 0 saturated carbocycles. The highest BCUT2D eigenvalue weighted by molar-refractivity contribution is 6.31. The number of nitrogens with two attached hydrogens (primary N) is 1. The van der Waals surface area contributed by atoms with Gasteiger partial charge in [0.05, 0.1) is 0 Å². The number of benzene rings is 1. The number of rotatable bonds is 5. The lowest BCUT2D eigenvalue weighted by Gasteiger charge is -2.15. The molecule has 0 bridgehead atoms. The van der Waals surface area contributed by atoms with Crippen LogP contribution in [0.4, 0.5) is 17.6 Å². The fourth-order valence-corrected chi connectivity index (χ4v) is 1.81. The van der Waals surface area contributed by atoms with Crippen molar-refractivity contribution >= 4 is 11.6 Å².